The third-order valence-corrected chi connectivity index (χ3v) is 3.88. The smallest absolute Gasteiger partial charge is 0.244 e. The second kappa shape index (κ2) is 5.81. The first-order valence-electron chi connectivity index (χ1n) is 5.78. The number of imidazole rings is 1. The van der Waals surface area contributed by atoms with E-state index >= 15 is 0 Å². The van der Waals surface area contributed by atoms with Crippen LogP contribution in [0.15, 0.2) is 35.9 Å². The van der Waals surface area contributed by atoms with Gasteiger partial charge in [-0.15, -0.1) is 0 Å². The number of sulfonamides is 1. The molecule has 0 amide bonds. The van der Waals surface area contributed by atoms with Crippen LogP contribution in [0.3, 0.4) is 0 Å². The van der Waals surface area contributed by atoms with E-state index < -0.39 is 10.0 Å². The topological polar surface area (TPSA) is 99.8 Å². The number of aromatic amines is 1. The highest BCUT2D eigenvalue weighted by Gasteiger charge is 2.18. The van der Waals surface area contributed by atoms with Crippen LogP contribution in [0.1, 0.15) is 12.6 Å². The molecule has 0 atom stereocenters. The van der Waals surface area contributed by atoms with Gasteiger partial charge in [-0.3, -0.25) is 4.98 Å². The molecule has 0 unspecified atom stereocenters. The molecule has 2 aromatic rings. The molecule has 0 radical (unpaired) electrons. The Morgan fingerprint density at radius 1 is 1.32 bits per heavy atom. The van der Waals surface area contributed by atoms with E-state index in [1.54, 1.807) is 18.5 Å². The highest BCUT2D eigenvalue weighted by molar-refractivity contribution is 7.89. The molecule has 19 heavy (non-hydrogen) atoms. The molecule has 0 aliphatic rings. The zero-order valence-electron chi connectivity index (χ0n) is 10.4. The Hall–Kier alpha value is -1.93. The fraction of sp³-hybridized carbons (Fsp3) is 0.273. The van der Waals surface area contributed by atoms with E-state index in [1.165, 1.54) is 12.5 Å². The van der Waals surface area contributed by atoms with Gasteiger partial charge < -0.3 is 10.3 Å². The van der Waals surface area contributed by atoms with Crippen molar-refractivity contribution in [3.8, 4) is 0 Å². The molecule has 0 aliphatic carbocycles. The van der Waals surface area contributed by atoms with E-state index in [0.29, 0.717) is 17.9 Å². The zero-order chi connectivity index (χ0) is 13.7. The predicted octanol–water partition coefficient (Wildman–Crippen LogP) is 0.715. The van der Waals surface area contributed by atoms with Gasteiger partial charge in [0, 0.05) is 30.8 Å². The SMILES string of the molecule is CCNc1ccncc1S(=O)(=O)NCc1cnc[nH]1. The number of pyridine rings is 1. The third-order valence-electron chi connectivity index (χ3n) is 2.45. The summed E-state index contributed by atoms with van der Waals surface area (Å²) in [6, 6.07) is 1.63. The Morgan fingerprint density at radius 2 is 2.16 bits per heavy atom. The van der Waals surface area contributed by atoms with E-state index in [9.17, 15) is 8.42 Å². The first-order chi connectivity index (χ1) is 9.13. The maximum absolute atomic E-state index is 12.2. The van der Waals surface area contributed by atoms with E-state index in [1.807, 2.05) is 6.92 Å². The lowest BCUT2D eigenvalue weighted by molar-refractivity contribution is 0.580. The average Bonchev–Trinajstić information content (AvgIpc) is 2.91. The first kappa shape index (κ1) is 13.5. The van der Waals surface area contributed by atoms with E-state index in [0.717, 1.165) is 0 Å². The normalized spacial score (nSPS) is 11.4. The van der Waals surface area contributed by atoms with Crippen molar-refractivity contribution in [2.45, 2.75) is 18.4 Å². The van der Waals surface area contributed by atoms with Crippen LogP contribution in [0.25, 0.3) is 0 Å². The second-order valence-electron chi connectivity index (χ2n) is 3.80. The molecular weight excluding hydrogens is 266 g/mol. The number of H-pyrrole nitrogens is 1. The predicted molar refractivity (Wildman–Crippen MR) is 71.0 cm³/mol. The van der Waals surface area contributed by atoms with Gasteiger partial charge in [0.1, 0.15) is 4.90 Å². The number of nitrogens with zero attached hydrogens (tertiary/aromatic N) is 2. The molecule has 0 bridgehead atoms. The summed E-state index contributed by atoms with van der Waals surface area (Å²) in [7, 11) is -3.61. The first-order valence-corrected chi connectivity index (χ1v) is 7.26. The Morgan fingerprint density at radius 3 is 2.84 bits per heavy atom. The Labute approximate surface area is 111 Å². The van der Waals surface area contributed by atoms with Crippen molar-refractivity contribution < 1.29 is 8.42 Å². The maximum Gasteiger partial charge on any atom is 0.244 e. The fourth-order valence-electron chi connectivity index (χ4n) is 1.56. The van der Waals surface area contributed by atoms with Gasteiger partial charge in [0.2, 0.25) is 10.0 Å². The van der Waals surface area contributed by atoms with Crippen LogP contribution in [0.4, 0.5) is 5.69 Å². The van der Waals surface area contributed by atoms with Crippen LogP contribution in [-0.2, 0) is 16.6 Å². The molecular formula is C11H15N5O2S. The van der Waals surface area contributed by atoms with Crippen LogP contribution in [0.2, 0.25) is 0 Å². The van der Waals surface area contributed by atoms with Crippen LogP contribution < -0.4 is 10.0 Å². The molecule has 102 valence electrons. The summed E-state index contributed by atoms with van der Waals surface area (Å²) in [5.74, 6) is 0. The summed E-state index contributed by atoms with van der Waals surface area (Å²) in [4.78, 5) is 10.7. The summed E-state index contributed by atoms with van der Waals surface area (Å²) in [5, 5.41) is 3.00. The largest absolute Gasteiger partial charge is 0.384 e. The van der Waals surface area contributed by atoms with Gasteiger partial charge >= 0.3 is 0 Å². The minimum absolute atomic E-state index is 0.136. The number of hydrogen-bond acceptors (Lipinski definition) is 5. The van der Waals surface area contributed by atoms with Gasteiger partial charge in [0.25, 0.3) is 0 Å². The summed E-state index contributed by atoms with van der Waals surface area (Å²) in [6.45, 7) is 2.69. The quantitative estimate of drug-likeness (QED) is 0.724. The summed E-state index contributed by atoms with van der Waals surface area (Å²) in [6.07, 6.45) is 5.94. The molecule has 0 fully saturated rings. The van der Waals surface area contributed by atoms with Crippen molar-refractivity contribution in [1.82, 2.24) is 19.7 Å². The number of aromatic nitrogens is 3. The Balaban J connectivity index is 2.19. The van der Waals surface area contributed by atoms with E-state index in [4.69, 9.17) is 0 Å². The molecule has 0 saturated carbocycles. The molecule has 7 nitrogen and oxygen atoms in total. The minimum Gasteiger partial charge on any atom is -0.384 e. The van der Waals surface area contributed by atoms with Gasteiger partial charge in [0.05, 0.1) is 18.6 Å². The highest BCUT2D eigenvalue weighted by Crippen LogP contribution is 2.19. The van der Waals surface area contributed by atoms with Crippen LogP contribution in [0.5, 0.6) is 0 Å². The number of hydrogen-bond donors (Lipinski definition) is 3. The maximum atomic E-state index is 12.2. The molecule has 0 saturated heterocycles. The van der Waals surface area contributed by atoms with Crippen LogP contribution in [0, 0.1) is 0 Å². The molecule has 2 rings (SSSR count). The van der Waals surface area contributed by atoms with Crippen molar-refractivity contribution in [1.29, 1.82) is 0 Å². The van der Waals surface area contributed by atoms with Gasteiger partial charge in [-0.1, -0.05) is 0 Å². The average molecular weight is 281 g/mol. The lowest BCUT2D eigenvalue weighted by atomic mass is 10.4. The molecule has 2 aromatic heterocycles. The molecule has 0 spiro atoms. The zero-order valence-corrected chi connectivity index (χ0v) is 11.2. The lowest BCUT2D eigenvalue weighted by Crippen LogP contribution is -2.24. The van der Waals surface area contributed by atoms with E-state index in [2.05, 4.69) is 25.0 Å². The van der Waals surface area contributed by atoms with Crippen molar-refractivity contribution in [2.24, 2.45) is 0 Å². The fourth-order valence-corrected chi connectivity index (χ4v) is 2.69. The summed E-state index contributed by atoms with van der Waals surface area (Å²) >= 11 is 0. The Kier molecular flexibility index (Phi) is 4.13. The lowest BCUT2D eigenvalue weighted by Gasteiger charge is -2.11. The summed E-state index contributed by atoms with van der Waals surface area (Å²) < 4.78 is 26.9. The van der Waals surface area contributed by atoms with Crippen molar-refractivity contribution in [3.05, 3.63) is 36.7 Å². The van der Waals surface area contributed by atoms with Crippen LogP contribution >= 0.6 is 0 Å². The van der Waals surface area contributed by atoms with Gasteiger partial charge in [-0.05, 0) is 13.0 Å². The number of rotatable bonds is 6. The van der Waals surface area contributed by atoms with Crippen molar-refractivity contribution >= 4 is 15.7 Å². The number of nitrogens with one attached hydrogen (secondary N) is 3. The Bertz CT molecular complexity index is 624. The molecule has 0 aromatic carbocycles. The number of anilines is 1. The van der Waals surface area contributed by atoms with Gasteiger partial charge in [-0.25, -0.2) is 18.1 Å². The molecule has 0 aliphatic heterocycles. The van der Waals surface area contributed by atoms with Crippen molar-refractivity contribution in [2.75, 3.05) is 11.9 Å². The molecule has 8 heteroatoms. The van der Waals surface area contributed by atoms with E-state index in [-0.39, 0.29) is 11.4 Å². The van der Waals surface area contributed by atoms with Gasteiger partial charge in [-0.2, -0.15) is 0 Å². The third kappa shape index (κ3) is 3.30. The highest BCUT2D eigenvalue weighted by atomic mass is 32.2. The summed E-state index contributed by atoms with van der Waals surface area (Å²) in [5.41, 5.74) is 1.23. The second-order valence-corrected chi connectivity index (χ2v) is 5.54. The van der Waals surface area contributed by atoms with Crippen LogP contribution in [-0.4, -0.2) is 29.9 Å². The monoisotopic (exact) mass is 281 g/mol. The molecule has 3 N–H and O–H groups in total. The minimum atomic E-state index is -3.61. The van der Waals surface area contributed by atoms with Crippen molar-refractivity contribution in [3.63, 3.8) is 0 Å². The van der Waals surface area contributed by atoms with Gasteiger partial charge in [0.15, 0.2) is 0 Å². The molecule has 2 heterocycles. The standard InChI is InChI=1S/C11H15N5O2S/c1-2-14-10-3-4-12-7-11(10)19(17,18)16-6-9-5-13-8-15-9/h3-5,7-8,16H,2,6H2,1H3,(H,12,14)(H,13,15).